The first-order chi connectivity index (χ1) is 10.4. The van der Waals surface area contributed by atoms with Gasteiger partial charge in [-0.2, -0.15) is 0 Å². The van der Waals surface area contributed by atoms with Gasteiger partial charge in [0.05, 0.1) is 5.52 Å². The number of halogens is 1. The fourth-order valence-corrected chi connectivity index (χ4v) is 2.79. The van der Waals surface area contributed by atoms with Gasteiger partial charge in [-0.1, -0.05) is 33.6 Å². The number of nitrogens with two attached hydrogens (primary N) is 1. The smallest absolute Gasteiger partial charge is 0.124 e. The number of hydrogen-bond donors (Lipinski definition) is 2. The molecule has 0 aliphatic carbocycles. The van der Waals surface area contributed by atoms with Crippen LogP contribution < -0.4 is 5.73 Å². The van der Waals surface area contributed by atoms with Gasteiger partial charge in [-0.05, 0) is 62.2 Å². The minimum atomic E-state index is 0.560. The molecule has 0 amide bonds. The van der Waals surface area contributed by atoms with Crippen molar-refractivity contribution < 1.29 is 0 Å². The van der Waals surface area contributed by atoms with Crippen molar-refractivity contribution in [2.24, 2.45) is 0 Å². The van der Waals surface area contributed by atoms with Gasteiger partial charge in [0.25, 0.3) is 0 Å². The molecule has 4 heteroatoms. The molecule has 0 atom stereocenters. The van der Waals surface area contributed by atoms with Crippen molar-refractivity contribution in [2.45, 2.75) is 25.7 Å². The minimum absolute atomic E-state index is 0.560. The molecule has 114 valence electrons. The van der Waals surface area contributed by atoms with E-state index in [4.69, 9.17) is 5.73 Å². The third-order valence-corrected chi connectivity index (χ3v) is 4.51. The largest absolute Gasteiger partial charge is 0.384 e. The molecule has 3 aromatic rings. The predicted molar refractivity (Wildman–Crippen MR) is 102 cm³/mol. The molecule has 0 radical (unpaired) electrons. The van der Waals surface area contributed by atoms with E-state index in [0.717, 1.165) is 20.3 Å². The fourth-order valence-electron chi connectivity index (χ4n) is 2.28. The summed E-state index contributed by atoms with van der Waals surface area (Å²) in [5.41, 5.74) is 10.3. The maximum atomic E-state index is 5.54. The van der Waals surface area contributed by atoms with E-state index < -0.39 is 0 Å². The molecule has 2 aromatic carbocycles. The summed E-state index contributed by atoms with van der Waals surface area (Å²) >= 11 is 7.75. The molecule has 0 saturated carbocycles. The number of thiol groups is 1. The maximum absolute atomic E-state index is 5.54. The first-order valence-electron chi connectivity index (χ1n) is 6.95. The number of benzene rings is 2. The number of anilines is 1. The topological polar surface area (TPSA) is 38.9 Å². The Morgan fingerprint density at radius 3 is 2.23 bits per heavy atom. The first-order valence-corrected chi connectivity index (χ1v) is 8.19. The van der Waals surface area contributed by atoms with Crippen LogP contribution in [0.2, 0.25) is 0 Å². The van der Waals surface area contributed by atoms with Gasteiger partial charge in [0, 0.05) is 14.8 Å². The van der Waals surface area contributed by atoms with Crippen LogP contribution >= 0.6 is 28.6 Å². The zero-order valence-electron chi connectivity index (χ0n) is 12.9. The van der Waals surface area contributed by atoms with Gasteiger partial charge in [-0.25, -0.2) is 4.98 Å². The highest BCUT2D eigenvalue weighted by molar-refractivity contribution is 9.10. The molecule has 3 rings (SSSR count). The number of aryl methyl sites for hydroxylation is 3. The van der Waals surface area contributed by atoms with Crippen LogP contribution in [0.15, 0.2) is 51.8 Å². The van der Waals surface area contributed by atoms with Crippen molar-refractivity contribution in [3.63, 3.8) is 0 Å². The van der Waals surface area contributed by atoms with Crippen LogP contribution in [0.5, 0.6) is 0 Å². The van der Waals surface area contributed by atoms with Crippen LogP contribution in [0, 0.1) is 20.8 Å². The molecule has 0 fully saturated rings. The van der Waals surface area contributed by atoms with E-state index in [1.165, 1.54) is 16.7 Å². The minimum Gasteiger partial charge on any atom is -0.384 e. The molecule has 0 unspecified atom stereocenters. The van der Waals surface area contributed by atoms with Gasteiger partial charge in [0.1, 0.15) is 5.82 Å². The first kappa shape index (κ1) is 16.8. The SMILES string of the molecule is Cc1cc(C)c(S)c(C)c1.Nc1ccc2cc(Br)ccc2n1. The standard InChI is InChI=1S/C9H7BrN2.C9H12S/c10-7-2-3-8-6(5-7)1-4-9(11)12-8;1-6-4-7(2)9(10)8(3)5-6/h1-5H,(H2,11,12);4-5,10H,1-3H3. The number of nitrogen functional groups attached to an aromatic ring is 1. The lowest BCUT2D eigenvalue weighted by Crippen LogP contribution is -1.88. The number of hydrogen-bond acceptors (Lipinski definition) is 3. The van der Waals surface area contributed by atoms with E-state index in [0.29, 0.717) is 5.82 Å². The number of pyridine rings is 1. The zero-order valence-corrected chi connectivity index (χ0v) is 15.4. The van der Waals surface area contributed by atoms with E-state index in [-0.39, 0.29) is 0 Å². The highest BCUT2D eigenvalue weighted by Gasteiger charge is 1.97. The Balaban J connectivity index is 0.000000164. The summed E-state index contributed by atoms with van der Waals surface area (Å²) in [4.78, 5) is 5.29. The Hall–Kier alpha value is -1.52. The van der Waals surface area contributed by atoms with Gasteiger partial charge in [-0.15, -0.1) is 12.6 Å². The summed E-state index contributed by atoms with van der Waals surface area (Å²) in [6.45, 7) is 6.28. The molecule has 0 bridgehead atoms. The molecule has 0 saturated heterocycles. The highest BCUT2D eigenvalue weighted by Crippen LogP contribution is 2.19. The van der Waals surface area contributed by atoms with E-state index >= 15 is 0 Å². The van der Waals surface area contributed by atoms with Gasteiger partial charge in [-0.3, -0.25) is 0 Å². The summed E-state index contributed by atoms with van der Waals surface area (Å²) < 4.78 is 1.06. The molecule has 0 spiro atoms. The van der Waals surface area contributed by atoms with E-state index in [9.17, 15) is 0 Å². The van der Waals surface area contributed by atoms with Crippen LogP contribution in [-0.4, -0.2) is 4.98 Å². The lowest BCUT2D eigenvalue weighted by Gasteiger charge is -2.03. The Labute approximate surface area is 145 Å². The average Bonchev–Trinajstić information content (AvgIpc) is 2.45. The Bertz CT molecular complexity index is 751. The molecule has 0 aliphatic heterocycles. The number of nitrogens with zero attached hydrogens (tertiary/aromatic N) is 1. The molecule has 22 heavy (non-hydrogen) atoms. The lowest BCUT2D eigenvalue weighted by molar-refractivity contribution is 1.20. The Kier molecular flexibility index (Phi) is 5.48. The maximum Gasteiger partial charge on any atom is 0.124 e. The summed E-state index contributed by atoms with van der Waals surface area (Å²) in [7, 11) is 0. The average molecular weight is 375 g/mol. The van der Waals surface area contributed by atoms with Gasteiger partial charge in [0.2, 0.25) is 0 Å². The molecule has 2 N–H and O–H groups in total. The van der Waals surface area contributed by atoms with Crippen LogP contribution in [0.4, 0.5) is 5.82 Å². The van der Waals surface area contributed by atoms with E-state index in [1.807, 2.05) is 24.3 Å². The quantitative estimate of drug-likeness (QED) is 0.511. The normalized spacial score (nSPS) is 10.2. The van der Waals surface area contributed by atoms with Crippen molar-refractivity contribution >= 4 is 45.3 Å². The second-order valence-corrected chi connectivity index (χ2v) is 6.68. The second kappa shape index (κ2) is 7.16. The van der Waals surface area contributed by atoms with Gasteiger partial charge >= 0.3 is 0 Å². The Morgan fingerprint density at radius 1 is 0.955 bits per heavy atom. The monoisotopic (exact) mass is 374 g/mol. The summed E-state index contributed by atoms with van der Waals surface area (Å²) in [5, 5.41) is 1.10. The number of fused-ring (bicyclic) bond motifs is 1. The molecule has 1 aromatic heterocycles. The van der Waals surface area contributed by atoms with Gasteiger partial charge < -0.3 is 5.73 Å². The number of rotatable bonds is 0. The number of aromatic nitrogens is 1. The van der Waals surface area contributed by atoms with E-state index in [2.05, 4.69) is 66.4 Å². The van der Waals surface area contributed by atoms with Crippen molar-refractivity contribution in [2.75, 3.05) is 5.73 Å². The van der Waals surface area contributed by atoms with E-state index in [1.54, 1.807) is 6.07 Å². The lowest BCUT2D eigenvalue weighted by atomic mass is 10.1. The van der Waals surface area contributed by atoms with Crippen molar-refractivity contribution in [3.05, 3.63) is 63.6 Å². The second-order valence-electron chi connectivity index (χ2n) is 5.32. The predicted octanol–water partition coefficient (Wildman–Crippen LogP) is 5.48. The third-order valence-electron chi connectivity index (χ3n) is 3.31. The molecule has 2 nitrogen and oxygen atoms in total. The zero-order chi connectivity index (χ0) is 16.3. The van der Waals surface area contributed by atoms with Crippen LogP contribution in [0.25, 0.3) is 10.9 Å². The van der Waals surface area contributed by atoms with Crippen LogP contribution in [-0.2, 0) is 0 Å². The fraction of sp³-hybridized carbons (Fsp3) is 0.167. The Morgan fingerprint density at radius 2 is 1.59 bits per heavy atom. The summed E-state index contributed by atoms with van der Waals surface area (Å²) in [6.07, 6.45) is 0. The van der Waals surface area contributed by atoms with Crippen molar-refractivity contribution in [3.8, 4) is 0 Å². The molecular weight excluding hydrogens is 356 g/mol. The molecule has 0 aliphatic rings. The molecular formula is C18H19BrN2S. The molecule has 1 heterocycles. The summed E-state index contributed by atoms with van der Waals surface area (Å²) in [5.74, 6) is 0.560. The van der Waals surface area contributed by atoms with Crippen molar-refractivity contribution in [1.29, 1.82) is 0 Å². The summed E-state index contributed by atoms with van der Waals surface area (Å²) in [6, 6.07) is 14.0. The third kappa shape index (κ3) is 4.24. The van der Waals surface area contributed by atoms with Gasteiger partial charge in [0.15, 0.2) is 0 Å². The van der Waals surface area contributed by atoms with Crippen molar-refractivity contribution in [1.82, 2.24) is 4.98 Å². The highest BCUT2D eigenvalue weighted by atomic mass is 79.9. The van der Waals surface area contributed by atoms with Crippen LogP contribution in [0.1, 0.15) is 16.7 Å². The van der Waals surface area contributed by atoms with Crippen LogP contribution in [0.3, 0.4) is 0 Å².